The Morgan fingerprint density at radius 1 is 1.52 bits per heavy atom. The van der Waals surface area contributed by atoms with Crippen molar-refractivity contribution in [3.8, 4) is 6.07 Å². The van der Waals surface area contributed by atoms with Gasteiger partial charge in [0.2, 0.25) is 0 Å². The van der Waals surface area contributed by atoms with Gasteiger partial charge < -0.3 is 15.0 Å². The van der Waals surface area contributed by atoms with Crippen LogP contribution in [0.4, 0.5) is 10.5 Å². The van der Waals surface area contributed by atoms with Gasteiger partial charge in [-0.25, -0.2) is 4.79 Å². The quantitative estimate of drug-likeness (QED) is 0.931. The van der Waals surface area contributed by atoms with Crippen LogP contribution in [0.15, 0.2) is 18.2 Å². The van der Waals surface area contributed by atoms with E-state index in [0.717, 1.165) is 18.5 Å². The second-order valence-corrected chi connectivity index (χ2v) is 5.32. The number of nitrogens with one attached hydrogen (secondary N) is 1. The Morgan fingerprint density at radius 3 is 2.86 bits per heavy atom. The van der Waals surface area contributed by atoms with Gasteiger partial charge in [0.1, 0.15) is 6.07 Å². The van der Waals surface area contributed by atoms with Crippen molar-refractivity contribution in [2.75, 3.05) is 25.0 Å². The van der Waals surface area contributed by atoms with Gasteiger partial charge in [0.05, 0.1) is 17.2 Å². The number of nitriles is 1. The fraction of sp³-hybridized carbons (Fsp3) is 0.467. The summed E-state index contributed by atoms with van der Waals surface area (Å²) in [6.45, 7) is 3.56. The second kappa shape index (κ2) is 7.19. The first-order valence-corrected chi connectivity index (χ1v) is 7.39. The molecule has 0 aromatic heterocycles. The number of benzene rings is 1. The van der Waals surface area contributed by atoms with Crippen LogP contribution < -0.4 is 5.32 Å². The van der Waals surface area contributed by atoms with Crippen molar-refractivity contribution in [1.82, 2.24) is 4.90 Å². The molecule has 1 aliphatic heterocycles. The fourth-order valence-corrected chi connectivity index (χ4v) is 2.52. The Labute approximate surface area is 129 Å². The Kier molecular flexibility index (Phi) is 5.29. The van der Waals surface area contributed by atoms with E-state index in [1.54, 1.807) is 24.0 Å². The van der Waals surface area contributed by atoms with E-state index in [0.29, 0.717) is 30.3 Å². The normalized spacial score (nSPS) is 15.4. The smallest absolute Gasteiger partial charge is 0.409 e. The molecule has 0 saturated carbocycles. The van der Waals surface area contributed by atoms with Gasteiger partial charge >= 0.3 is 6.09 Å². The molecular formula is C15H18ClN3O2. The van der Waals surface area contributed by atoms with Crippen LogP contribution in [0.25, 0.3) is 0 Å². The van der Waals surface area contributed by atoms with Crippen LogP contribution in [0.1, 0.15) is 25.3 Å². The summed E-state index contributed by atoms with van der Waals surface area (Å²) in [5.74, 6) is 0. The summed E-state index contributed by atoms with van der Waals surface area (Å²) in [5.41, 5.74) is 1.34. The maximum atomic E-state index is 11.6. The molecule has 1 fully saturated rings. The third-order valence-electron chi connectivity index (χ3n) is 3.48. The molecule has 0 spiro atoms. The minimum absolute atomic E-state index is 0.241. The lowest BCUT2D eigenvalue weighted by atomic mass is 10.0. The molecule has 0 bridgehead atoms. The maximum Gasteiger partial charge on any atom is 0.409 e. The Bertz CT molecular complexity index is 548. The number of carbonyl (C=O) groups is 1. The van der Waals surface area contributed by atoms with Gasteiger partial charge in [-0.1, -0.05) is 11.6 Å². The van der Waals surface area contributed by atoms with Crippen LogP contribution in [-0.2, 0) is 4.74 Å². The van der Waals surface area contributed by atoms with Crippen molar-refractivity contribution >= 4 is 23.4 Å². The molecule has 1 saturated heterocycles. The summed E-state index contributed by atoms with van der Waals surface area (Å²) in [4.78, 5) is 13.3. The largest absolute Gasteiger partial charge is 0.450 e. The molecule has 0 radical (unpaired) electrons. The van der Waals surface area contributed by atoms with Gasteiger partial charge in [0.25, 0.3) is 0 Å². The second-order valence-electron chi connectivity index (χ2n) is 4.91. The van der Waals surface area contributed by atoms with Gasteiger partial charge in [-0.3, -0.25) is 0 Å². The van der Waals surface area contributed by atoms with Gasteiger partial charge in [-0.15, -0.1) is 0 Å². The predicted molar refractivity (Wildman–Crippen MR) is 81.4 cm³/mol. The first-order chi connectivity index (χ1) is 10.1. The van der Waals surface area contributed by atoms with E-state index in [4.69, 9.17) is 21.6 Å². The van der Waals surface area contributed by atoms with E-state index >= 15 is 0 Å². The van der Waals surface area contributed by atoms with Gasteiger partial charge in [0, 0.05) is 24.8 Å². The molecule has 2 rings (SSSR count). The number of hydrogen-bond acceptors (Lipinski definition) is 4. The lowest BCUT2D eigenvalue weighted by Gasteiger charge is -2.32. The van der Waals surface area contributed by atoms with Crippen LogP contribution in [-0.4, -0.2) is 36.7 Å². The highest BCUT2D eigenvalue weighted by atomic mass is 35.5. The molecular weight excluding hydrogens is 290 g/mol. The van der Waals surface area contributed by atoms with Crippen molar-refractivity contribution in [2.45, 2.75) is 25.8 Å². The zero-order valence-corrected chi connectivity index (χ0v) is 12.7. The van der Waals surface area contributed by atoms with Crippen LogP contribution in [0.5, 0.6) is 0 Å². The highest BCUT2D eigenvalue weighted by Gasteiger charge is 2.23. The Morgan fingerprint density at radius 2 is 2.24 bits per heavy atom. The molecule has 0 aliphatic carbocycles. The van der Waals surface area contributed by atoms with Crippen molar-refractivity contribution in [3.63, 3.8) is 0 Å². The molecule has 1 aliphatic rings. The van der Waals surface area contributed by atoms with Crippen molar-refractivity contribution in [2.24, 2.45) is 0 Å². The molecule has 0 atom stereocenters. The monoisotopic (exact) mass is 307 g/mol. The maximum absolute atomic E-state index is 11.6. The number of rotatable bonds is 3. The predicted octanol–water partition coefficient (Wildman–Crippen LogP) is 3.24. The average molecular weight is 308 g/mol. The Hall–Kier alpha value is -1.93. The summed E-state index contributed by atoms with van der Waals surface area (Å²) in [6.07, 6.45) is 1.46. The standard InChI is InChI=1S/C15H18ClN3O2/c1-2-21-15(20)19-7-5-12(6-8-19)18-13-3-4-14(16)11(9-13)10-17/h3-4,9,12,18H,2,5-8H2,1H3. The van der Waals surface area contributed by atoms with Crippen molar-refractivity contribution in [1.29, 1.82) is 5.26 Å². The van der Waals surface area contributed by atoms with Crippen LogP contribution >= 0.6 is 11.6 Å². The van der Waals surface area contributed by atoms with E-state index in [-0.39, 0.29) is 12.1 Å². The van der Waals surface area contributed by atoms with E-state index in [1.165, 1.54) is 0 Å². The number of ether oxygens (including phenoxy) is 1. The number of nitrogens with zero attached hydrogens (tertiary/aromatic N) is 2. The number of amides is 1. The van der Waals surface area contributed by atoms with E-state index < -0.39 is 0 Å². The van der Waals surface area contributed by atoms with Gasteiger partial charge in [-0.2, -0.15) is 5.26 Å². The van der Waals surface area contributed by atoms with Gasteiger partial charge in [-0.05, 0) is 38.0 Å². The lowest BCUT2D eigenvalue weighted by molar-refractivity contribution is 0.0983. The zero-order chi connectivity index (χ0) is 15.2. The number of anilines is 1. The van der Waals surface area contributed by atoms with Crippen LogP contribution in [0, 0.1) is 11.3 Å². The third kappa shape index (κ3) is 4.02. The number of hydrogen-bond donors (Lipinski definition) is 1. The van der Waals surface area contributed by atoms with E-state index in [9.17, 15) is 4.79 Å². The lowest BCUT2D eigenvalue weighted by Crippen LogP contribution is -2.42. The zero-order valence-electron chi connectivity index (χ0n) is 11.9. The topological polar surface area (TPSA) is 65.4 Å². The minimum atomic E-state index is -0.241. The van der Waals surface area contributed by atoms with Crippen molar-refractivity contribution < 1.29 is 9.53 Å². The molecule has 1 N–H and O–H groups in total. The van der Waals surface area contributed by atoms with Crippen molar-refractivity contribution in [3.05, 3.63) is 28.8 Å². The van der Waals surface area contributed by atoms with Gasteiger partial charge in [0.15, 0.2) is 0 Å². The molecule has 21 heavy (non-hydrogen) atoms. The first kappa shape index (κ1) is 15.5. The molecule has 112 valence electrons. The highest BCUT2D eigenvalue weighted by Crippen LogP contribution is 2.22. The third-order valence-corrected chi connectivity index (χ3v) is 3.81. The fourth-order valence-electron chi connectivity index (χ4n) is 2.36. The summed E-state index contributed by atoms with van der Waals surface area (Å²) in [6, 6.07) is 7.68. The molecule has 5 nitrogen and oxygen atoms in total. The molecule has 1 amide bonds. The van der Waals surface area contributed by atoms with Crippen LogP contribution in [0.3, 0.4) is 0 Å². The van der Waals surface area contributed by atoms with E-state index in [1.807, 2.05) is 6.07 Å². The Balaban J connectivity index is 1.89. The molecule has 6 heteroatoms. The number of halogens is 1. The van der Waals surface area contributed by atoms with Crippen LogP contribution in [0.2, 0.25) is 5.02 Å². The molecule has 0 unspecified atom stereocenters. The summed E-state index contributed by atoms with van der Waals surface area (Å²) < 4.78 is 4.99. The molecule has 1 heterocycles. The highest BCUT2D eigenvalue weighted by molar-refractivity contribution is 6.31. The molecule has 1 aromatic rings. The first-order valence-electron chi connectivity index (χ1n) is 7.02. The van der Waals surface area contributed by atoms with E-state index in [2.05, 4.69) is 11.4 Å². The molecule has 1 aromatic carbocycles. The minimum Gasteiger partial charge on any atom is -0.450 e. The number of likely N-dealkylation sites (tertiary alicyclic amines) is 1. The average Bonchev–Trinajstić information content (AvgIpc) is 2.50. The summed E-state index contributed by atoms with van der Waals surface area (Å²) in [7, 11) is 0. The SMILES string of the molecule is CCOC(=O)N1CCC(Nc2ccc(Cl)c(C#N)c2)CC1. The number of carbonyl (C=O) groups excluding carboxylic acids is 1. The summed E-state index contributed by atoms with van der Waals surface area (Å²) >= 11 is 5.91. The summed E-state index contributed by atoms with van der Waals surface area (Å²) in [5, 5.41) is 12.8. The number of piperidine rings is 1.